The molecule has 0 amide bonds. The molecule has 95 valence electrons. The van der Waals surface area contributed by atoms with E-state index in [0.29, 0.717) is 12.4 Å². The third kappa shape index (κ3) is 6.95. The van der Waals surface area contributed by atoms with Crippen LogP contribution in [0.25, 0.3) is 0 Å². The molecular weight excluding hydrogens is 219 g/mol. The van der Waals surface area contributed by atoms with Crippen LogP contribution in [0.2, 0.25) is 0 Å². The SMILES string of the molecule is COCCCCCCCOc1cc[c]c(F)c1. The van der Waals surface area contributed by atoms with Crippen molar-refractivity contribution in [3.63, 3.8) is 0 Å². The van der Waals surface area contributed by atoms with Crippen molar-refractivity contribution < 1.29 is 13.9 Å². The average Bonchev–Trinajstić information content (AvgIpc) is 2.33. The summed E-state index contributed by atoms with van der Waals surface area (Å²) in [4.78, 5) is 0. The monoisotopic (exact) mass is 239 g/mol. The molecule has 0 fully saturated rings. The van der Waals surface area contributed by atoms with E-state index in [4.69, 9.17) is 9.47 Å². The van der Waals surface area contributed by atoms with Crippen molar-refractivity contribution in [2.75, 3.05) is 20.3 Å². The van der Waals surface area contributed by atoms with Crippen LogP contribution in [-0.4, -0.2) is 20.3 Å². The van der Waals surface area contributed by atoms with Gasteiger partial charge >= 0.3 is 0 Å². The molecule has 0 atom stereocenters. The summed E-state index contributed by atoms with van der Waals surface area (Å²) in [5.41, 5.74) is 0. The summed E-state index contributed by atoms with van der Waals surface area (Å²) in [6.07, 6.45) is 5.67. The molecule has 0 aromatic heterocycles. The first-order valence-electron chi connectivity index (χ1n) is 6.12. The fourth-order valence-corrected chi connectivity index (χ4v) is 1.58. The van der Waals surface area contributed by atoms with Gasteiger partial charge in [0.15, 0.2) is 0 Å². The Morgan fingerprint density at radius 2 is 1.82 bits per heavy atom. The molecule has 0 aliphatic carbocycles. The highest BCUT2D eigenvalue weighted by Crippen LogP contribution is 2.12. The highest BCUT2D eigenvalue weighted by atomic mass is 19.1. The second-order valence-corrected chi connectivity index (χ2v) is 3.98. The van der Waals surface area contributed by atoms with Crippen LogP contribution in [0.3, 0.4) is 0 Å². The van der Waals surface area contributed by atoms with Crippen LogP contribution < -0.4 is 4.74 Å². The van der Waals surface area contributed by atoms with Crippen molar-refractivity contribution >= 4 is 0 Å². The molecule has 17 heavy (non-hydrogen) atoms. The molecule has 1 radical (unpaired) electrons. The number of hydrogen-bond acceptors (Lipinski definition) is 2. The highest BCUT2D eigenvalue weighted by molar-refractivity contribution is 5.21. The van der Waals surface area contributed by atoms with E-state index in [2.05, 4.69) is 6.07 Å². The summed E-state index contributed by atoms with van der Waals surface area (Å²) in [7, 11) is 1.73. The Morgan fingerprint density at radius 3 is 2.53 bits per heavy atom. The van der Waals surface area contributed by atoms with E-state index >= 15 is 0 Å². The van der Waals surface area contributed by atoms with Crippen LogP contribution in [0.1, 0.15) is 32.1 Å². The zero-order valence-corrected chi connectivity index (χ0v) is 10.4. The second-order valence-electron chi connectivity index (χ2n) is 3.98. The first kappa shape index (κ1) is 14.0. The minimum Gasteiger partial charge on any atom is -0.493 e. The van der Waals surface area contributed by atoms with Crippen LogP contribution in [-0.2, 0) is 4.74 Å². The van der Waals surface area contributed by atoms with Crippen LogP contribution in [0, 0.1) is 11.9 Å². The molecule has 0 heterocycles. The van der Waals surface area contributed by atoms with E-state index in [0.717, 1.165) is 25.9 Å². The second kappa shape index (κ2) is 8.99. The van der Waals surface area contributed by atoms with Gasteiger partial charge in [-0.2, -0.15) is 0 Å². The van der Waals surface area contributed by atoms with E-state index in [1.165, 1.54) is 25.0 Å². The lowest BCUT2D eigenvalue weighted by atomic mass is 10.1. The fourth-order valence-electron chi connectivity index (χ4n) is 1.58. The lowest BCUT2D eigenvalue weighted by Gasteiger charge is -2.05. The molecular formula is C14H20FO2. The summed E-state index contributed by atoms with van der Waals surface area (Å²) in [5.74, 6) is 0.211. The summed E-state index contributed by atoms with van der Waals surface area (Å²) < 4.78 is 23.2. The maximum Gasteiger partial charge on any atom is 0.134 e. The zero-order chi connectivity index (χ0) is 12.3. The molecule has 3 heteroatoms. The maximum atomic E-state index is 12.8. The molecule has 0 aliphatic rings. The van der Waals surface area contributed by atoms with Crippen LogP contribution >= 0.6 is 0 Å². The smallest absolute Gasteiger partial charge is 0.134 e. The first-order chi connectivity index (χ1) is 8.33. The van der Waals surface area contributed by atoms with E-state index < -0.39 is 0 Å². The fraction of sp³-hybridized carbons (Fsp3) is 0.571. The molecule has 1 aromatic rings. The van der Waals surface area contributed by atoms with Crippen molar-refractivity contribution in [2.24, 2.45) is 0 Å². The standard InChI is InChI=1S/C14H20FO2/c1-16-10-5-3-2-4-6-11-17-14-9-7-8-13(15)12-14/h7,9,12H,2-6,10-11H2,1H3. The van der Waals surface area contributed by atoms with E-state index in [9.17, 15) is 4.39 Å². The van der Waals surface area contributed by atoms with Gasteiger partial charge in [0.1, 0.15) is 11.6 Å². The molecule has 1 rings (SSSR count). The number of unbranched alkanes of at least 4 members (excludes halogenated alkanes) is 4. The molecule has 2 nitrogen and oxygen atoms in total. The summed E-state index contributed by atoms with van der Waals surface area (Å²) in [6, 6.07) is 7.06. The third-order valence-corrected chi connectivity index (χ3v) is 2.50. The Labute approximate surface area is 103 Å². The number of ether oxygens (including phenoxy) is 2. The van der Waals surface area contributed by atoms with Gasteiger partial charge in [-0.05, 0) is 25.0 Å². The third-order valence-electron chi connectivity index (χ3n) is 2.50. The number of halogens is 1. The van der Waals surface area contributed by atoms with E-state index in [1.54, 1.807) is 13.2 Å². The van der Waals surface area contributed by atoms with Crippen LogP contribution in [0.5, 0.6) is 5.75 Å². The van der Waals surface area contributed by atoms with Crippen molar-refractivity contribution in [1.29, 1.82) is 0 Å². The van der Waals surface area contributed by atoms with Gasteiger partial charge in [0.25, 0.3) is 0 Å². The Kier molecular flexibility index (Phi) is 7.39. The first-order valence-corrected chi connectivity index (χ1v) is 6.12. The summed E-state index contributed by atoms with van der Waals surface area (Å²) >= 11 is 0. The Morgan fingerprint density at radius 1 is 1.12 bits per heavy atom. The lowest BCUT2D eigenvalue weighted by Crippen LogP contribution is -1.97. The van der Waals surface area contributed by atoms with Gasteiger partial charge in [0, 0.05) is 25.8 Å². The molecule has 0 aliphatic heterocycles. The molecule has 1 aromatic carbocycles. The van der Waals surface area contributed by atoms with Crippen LogP contribution in [0.15, 0.2) is 18.2 Å². The van der Waals surface area contributed by atoms with Gasteiger partial charge < -0.3 is 9.47 Å². The van der Waals surface area contributed by atoms with Crippen molar-refractivity contribution in [3.05, 3.63) is 30.1 Å². The number of rotatable bonds is 9. The number of benzene rings is 1. The largest absolute Gasteiger partial charge is 0.493 e. The zero-order valence-electron chi connectivity index (χ0n) is 10.4. The molecule has 0 unspecified atom stereocenters. The highest BCUT2D eigenvalue weighted by Gasteiger charge is 1.96. The lowest BCUT2D eigenvalue weighted by molar-refractivity contribution is 0.191. The Hall–Kier alpha value is -1.09. The van der Waals surface area contributed by atoms with E-state index in [1.807, 2.05) is 0 Å². The van der Waals surface area contributed by atoms with E-state index in [-0.39, 0.29) is 5.82 Å². The topological polar surface area (TPSA) is 18.5 Å². The minimum atomic E-state index is -0.373. The van der Waals surface area contributed by atoms with Crippen molar-refractivity contribution in [3.8, 4) is 5.75 Å². The van der Waals surface area contributed by atoms with Gasteiger partial charge in [-0.15, -0.1) is 0 Å². The quantitative estimate of drug-likeness (QED) is 0.613. The molecule has 0 spiro atoms. The summed E-state index contributed by atoms with van der Waals surface area (Å²) in [5, 5.41) is 0. The Bertz CT molecular complexity index is 302. The average molecular weight is 239 g/mol. The summed E-state index contributed by atoms with van der Waals surface area (Å²) in [6.45, 7) is 1.49. The maximum absolute atomic E-state index is 12.8. The normalized spacial score (nSPS) is 10.5. The number of hydrogen-bond donors (Lipinski definition) is 0. The molecule has 0 saturated heterocycles. The number of methoxy groups -OCH3 is 1. The van der Waals surface area contributed by atoms with Crippen molar-refractivity contribution in [2.45, 2.75) is 32.1 Å². The predicted octanol–water partition coefficient (Wildman–Crippen LogP) is 3.60. The van der Waals surface area contributed by atoms with Gasteiger partial charge in [-0.1, -0.05) is 19.3 Å². The molecule has 0 bridgehead atoms. The molecule has 0 N–H and O–H groups in total. The van der Waals surface area contributed by atoms with Gasteiger partial charge in [0.05, 0.1) is 6.61 Å². The van der Waals surface area contributed by atoms with Gasteiger partial charge in [-0.25, -0.2) is 4.39 Å². The van der Waals surface area contributed by atoms with Gasteiger partial charge in [0.2, 0.25) is 0 Å². The van der Waals surface area contributed by atoms with Crippen molar-refractivity contribution in [1.82, 2.24) is 0 Å². The minimum absolute atomic E-state index is 0.373. The molecule has 0 saturated carbocycles. The Balaban J connectivity index is 1.97. The van der Waals surface area contributed by atoms with Crippen LogP contribution in [0.4, 0.5) is 4.39 Å². The van der Waals surface area contributed by atoms with Gasteiger partial charge in [-0.3, -0.25) is 0 Å². The predicted molar refractivity (Wildman–Crippen MR) is 65.7 cm³/mol.